The Bertz CT molecular complexity index is 344. The second-order valence-corrected chi connectivity index (χ2v) is 7.74. The van der Waals surface area contributed by atoms with Crippen LogP contribution in [0.25, 0.3) is 0 Å². The van der Waals surface area contributed by atoms with Gasteiger partial charge in [0.05, 0.1) is 6.61 Å². The highest BCUT2D eigenvalue weighted by atomic mass is 16.6. The number of nitrogens with one attached hydrogen (secondary N) is 1. The van der Waals surface area contributed by atoms with E-state index in [0.717, 1.165) is 6.42 Å². The molecule has 1 aliphatic carbocycles. The first-order valence-electron chi connectivity index (χ1n) is 7.05. The Labute approximate surface area is 116 Å². The summed E-state index contributed by atoms with van der Waals surface area (Å²) >= 11 is 0. The molecule has 0 saturated heterocycles. The van der Waals surface area contributed by atoms with Gasteiger partial charge in [-0.15, -0.1) is 0 Å². The van der Waals surface area contributed by atoms with E-state index in [9.17, 15) is 9.90 Å². The van der Waals surface area contributed by atoms with Crippen molar-refractivity contribution in [1.29, 1.82) is 0 Å². The van der Waals surface area contributed by atoms with Crippen LogP contribution in [0.3, 0.4) is 0 Å². The zero-order valence-corrected chi connectivity index (χ0v) is 13.3. The summed E-state index contributed by atoms with van der Waals surface area (Å²) in [5, 5.41) is 12.7. The highest BCUT2D eigenvalue weighted by Crippen LogP contribution is 2.66. The molecule has 0 spiro atoms. The number of alkyl carbamates (subject to hydrolysis) is 1. The molecule has 0 aliphatic heterocycles. The van der Waals surface area contributed by atoms with Gasteiger partial charge < -0.3 is 15.2 Å². The Kier molecular flexibility index (Phi) is 4.26. The Hall–Kier alpha value is -0.770. The van der Waals surface area contributed by atoms with Crippen molar-refractivity contribution in [1.82, 2.24) is 5.32 Å². The molecule has 1 aliphatic rings. The van der Waals surface area contributed by atoms with Crippen LogP contribution >= 0.6 is 0 Å². The van der Waals surface area contributed by atoms with E-state index in [-0.39, 0.29) is 29.4 Å². The number of amides is 1. The summed E-state index contributed by atoms with van der Waals surface area (Å²) in [6, 6.07) is -0.0673. The second kappa shape index (κ2) is 4.97. The molecule has 4 heteroatoms. The van der Waals surface area contributed by atoms with Crippen LogP contribution in [0.2, 0.25) is 0 Å². The van der Waals surface area contributed by atoms with E-state index in [1.807, 2.05) is 20.8 Å². The van der Waals surface area contributed by atoms with Gasteiger partial charge in [0.1, 0.15) is 5.60 Å². The average Bonchev–Trinajstić information content (AvgIpc) is 2.75. The minimum absolute atomic E-state index is 0.0612. The summed E-state index contributed by atoms with van der Waals surface area (Å²) in [5.74, 6) is 0.251. The molecule has 1 saturated carbocycles. The number of ether oxygens (including phenoxy) is 1. The maximum Gasteiger partial charge on any atom is 0.407 e. The van der Waals surface area contributed by atoms with Crippen LogP contribution in [-0.4, -0.2) is 29.4 Å². The Morgan fingerprint density at radius 1 is 1.37 bits per heavy atom. The molecular weight excluding hydrogens is 242 g/mol. The largest absolute Gasteiger partial charge is 0.444 e. The molecule has 0 bridgehead atoms. The monoisotopic (exact) mass is 271 g/mol. The lowest BCUT2D eigenvalue weighted by Gasteiger charge is -2.33. The van der Waals surface area contributed by atoms with Gasteiger partial charge in [0, 0.05) is 11.5 Å². The van der Waals surface area contributed by atoms with E-state index in [0.29, 0.717) is 0 Å². The molecule has 1 amide bonds. The van der Waals surface area contributed by atoms with Crippen LogP contribution in [-0.2, 0) is 4.74 Å². The molecule has 19 heavy (non-hydrogen) atoms. The van der Waals surface area contributed by atoms with Gasteiger partial charge in [-0.1, -0.05) is 27.7 Å². The van der Waals surface area contributed by atoms with Crippen molar-refractivity contribution in [2.45, 2.75) is 66.5 Å². The highest BCUT2D eigenvalue weighted by Gasteiger charge is 2.65. The standard InChI is InChI=1S/C15H29NO3/c1-10(2)11(15(9-17)8-14(15,6)7)16-12(18)19-13(3,4)5/h10-11,17H,8-9H2,1-7H3,(H,16,18). The molecule has 4 nitrogen and oxygen atoms in total. The number of aliphatic hydroxyl groups is 1. The van der Waals surface area contributed by atoms with Crippen LogP contribution < -0.4 is 5.32 Å². The third-order valence-corrected chi connectivity index (χ3v) is 4.20. The lowest BCUT2D eigenvalue weighted by molar-refractivity contribution is 0.0398. The summed E-state index contributed by atoms with van der Waals surface area (Å²) in [7, 11) is 0. The van der Waals surface area contributed by atoms with E-state index in [1.165, 1.54) is 0 Å². The molecule has 0 aromatic rings. The van der Waals surface area contributed by atoms with E-state index >= 15 is 0 Å². The first-order valence-corrected chi connectivity index (χ1v) is 7.05. The predicted molar refractivity (Wildman–Crippen MR) is 75.9 cm³/mol. The Morgan fingerprint density at radius 3 is 2.11 bits per heavy atom. The fourth-order valence-electron chi connectivity index (χ4n) is 3.02. The van der Waals surface area contributed by atoms with E-state index < -0.39 is 11.7 Å². The van der Waals surface area contributed by atoms with E-state index in [2.05, 4.69) is 33.0 Å². The Morgan fingerprint density at radius 2 is 1.84 bits per heavy atom. The SMILES string of the molecule is CC(C)C(NC(=O)OC(C)(C)C)C1(CO)CC1(C)C. The molecule has 2 N–H and O–H groups in total. The normalized spacial score (nSPS) is 27.0. The minimum Gasteiger partial charge on any atom is -0.444 e. The first-order chi connectivity index (χ1) is 8.45. The lowest BCUT2D eigenvalue weighted by Crippen LogP contribution is -2.49. The zero-order valence-electron chi connectivity index (χ0n) is 13.3. The van der Waals surface area contributed by atoms with E-state index in [4.69, 9.17) is 4.74 Å². The quantitative estimate of drug-likeness (QED) is 0.826. The third-order valence-electron chi connectivity index (χ3n) is 4.20. The van der Waals surface area contributed by atoms with Crippen LogP contribution in [0.5, 0.6) is 0 Å². The molecule has 2 unspecified atom stereocenters. The van der Waals surface area contributed by atoms with Gasteiger partial charge in [-0.3, -0.25) is 0 Å². The summed E-state index contributed by atoms with van der Waals surface area (Å²) in [6.07, 6.45) is 0.525. The van der Waals surface area contributed by atoms with E-state index in [1.54, 1.807) is 0 Å². The molecule has 112 valence electrons. The number of rotatable bonds is 4. The zero-order chi connectivity index (χ0) is 15.1. The smallest absolute Gasteiger partial charge is 0.407 e. The number of hydrogen-bond acceptors (Lipinski definition) is 3. The average molecular weight is 271 g/mol. The van der Waals surface area contributed by atoms with Crippen LogP contribution in [0.15, 0.2) is 0 Å². The van der Waals surface area contributed by atoms with Crippen molar-refractivity contribution in [3.63, 3.8) is 0 Å². The third kappa shape index (κ3) is 3.41. The minimum atomic E-state index is -0.503. The van der Waals surface area contributed by atoms with Gasteiger partial charge in [-0.05, 0) is 38.5 Å². The highest BCUT2D eigenvalue weighted by molar-refractivity contribution is 5.68. The summed E-state index contributed by atoms with van der Waals surface area (Å²) in [6.45, 7) is 14.0. The van der Waals surface area contributed by atoms with Crippen LogP contribution in [0.4, 0.5) is 4.79 Å². The topological polar surface area (TPSA) is 58.6 Å². The van der Waals surface area contributed by atoms with Crippen LogP contribution in [0.1, 0.15) is 54.9 Å². The number of aliphatic hydroxyl groups excluding tert-OH is 1. The number of carbonyl (C=O) groups excluding carboxylic acids is 1. The molecular formula is C15H29NO3. The van der Waals surface area contributed by atoms with Crippen molar-refractivity contribution in [3.05, 3.63) is 0 Å². The van der Waals surface area contributed by atoms with Crippen molar-refractivity contribution in [2.24, 2.45) is 16.7 Å². The van der Waals surface area contributed by atoms with Gasteiger partial charge in [0.25, 0.3) is 0 Å². The maximum atomic E-state index is 12.0. The molecule has 2 atom stereocenters. The second-order valence-electron chi connectivity index (χ2n) is 7.74. The van der Waals surface area contributed by atoms with Crippen LogP contribution in [0, 0.1) is 16.7 Å². The van der Waals surface area contributed by atoms with Crippen molar-refractivity contribution >= 4 is 6.09 Å². The van der Waals surface area contributed by atoms with Crippen molar-refractivity contribution in [3.8, 4) is 0 Å². The molecule has 0 aromatic carbocycles. The summed E-state index contributed by atoms with van der Waals surface area (Å²) < 4.78 is 5.32. The molecule has 0 aromatic heterocycles. The summed E-state index contributed by atoms with van der Waals surface area (Å²) in [5.41, 5.74) is -0.666. The lowest BCUT2D eigenvalue weighted by atomic mass is 9.82. The molecule has 0 heterocycles. The first kappa shape index (κ1) is 16.3. The fourth-order valence-corrected chi connectivity index (χ4v) is 3.02. The Balaban J connectivity index is 2.79. The van der Waals surface area contributed by atoms with Gasteiger partial charge >= 0.3 is 6.09 Å². The number of carbonyl (C=O) groups is 1. The molecule has 0 radical (unpaired) electrons. The summed E-state index contributed by atoms with van der Waals surface area (Å²) in [4.78, 5) is 12.0. The van der Waals surface area contributed by atoms with Crippen molar-refractivity contribution in [2.75, 3.05) is 6.61 Å². The van der Waals surface area contributed by atoms with Gasteiger partial charge in [-0.25, -0.2) is 4.79 Å². The van der Waals surface area contributed by atoms with Gasteiger partial charge in [0.15, 0.2) is 0 Å². The van der Waals surface area contributed by atoms with Crippen molar-refractivity contribution < 1.29 is 14.6 Å². The number of hydrogen-bond donors (Lipinski definition) is 2. The molecule has 1 rings (SSSR count). The van der Waals surface area contributed by atoms with Gasteiger partial charge in [-0.2, -0.15) is 0 Å². The maximum absolute atomic E-state index is 12.0. The molecule has 1 fully saturated rings. The fraction of sp³-hybridized carbons (Fsp3) is 0.933. The predicted octanol–water partition coefficient (Wildman–Crippen LogP) is 2.94. The van der Waals surface area contributed by atoms with Gasteiger partial charge in [0.2, 0.25) is 0 Å².